The molecule has 1 fully saturated rings. The predicted octanol–water partition coefficient (Wildman–Crippen LogP) is 3.09. The van der Waals surface area contributed by atoms with E-state index in [1.165, 1.54) is 11.5 Å². The van der Waals surface area contributed by atoms with Crippen molar-refractivity contribution in [2.75, 3.05) is 48.9 Å². The molecular weight excluding hydrogens is 322 g/mol. The summed E-state index contributed by atoms with van der Waals surface area (Å²) < 4.78 is 4.28. The first-order chi connectivity index (χ1) is 10.7. The third kappa shape index (κ3) is 3.27. The van der Waals surface area contributed by atoms with Gasteiger partial charge in [-0.05, 0) is 42.8 Å². The number of nitrogens with one attached hydrogen (secondary N) is 2. The quantitative estimate of drug-likeness (QED) is 0.744. The van der Waals surface area contributed by atoms with Crippen LogP contribution in [-0.4, -0.2) is 47.7 Å². The summed E-state index contributed by atoms with van der Waals surface area (Å²) in [4.78, 5) is 4.59. The fourth-order valence-electron chi connectivity index (χ4n) is 2.37. The van der Waals surface area contributed by atoms with E-state index < -0.39 is 0 Å². The lowest BCUT2D eigenvalue weighted by molar-refractivity contribution is 0.313. The summed E-state index contributed by atoms with van der Waals surface area (Å²) in [5, 5.41) is 14.3. The molecule has 3 N–H and O–H groups in total. The van der Waals surface area contributed by atoms with Crippen molar-refractivity contribution in [2.45, 2.75) is 0 Å². The topological polar surface area (TPSA) is 63.7 Å². The van der Waals surface area contributed by atoms with Crippen LogP contribution in [0.1, 0.15) is 0 Å². The summed E-state index contributed by atoms with van der Waals surface area (Å²) in [7, 11) is 2.12. The molecule has 0 bridgehead atoms. The van der Waals surface area contributed by atoms with Crippen LogP contribution in [0.5, 0.6) is 0 Å². The Balaban J connectivity index is 1.85. The third-order valence-corrected chi connectivity index (χ3v) is 4.85. The van der Waals surface area contributed by atoms with Gasteiger partial charge in [-0.3, -0.25) is 5.21 Å². The SMILES string of the molecule is CN1CCN(c2snc(NO)c2Nc2ccc(Cl)cc2)CC1. The minimum absolute atomic E-state index is 0.439. The second-order valence-electron chi connectivity index (χ2n) is 5.25. The number of benzene rings is 1. The van der Waals surface area contributed by atoms with E-state index in [1.54, 1.807) is 0 Å². The van der Waals surface area contributed by atoms with Crippen LogP contribution in [-0.2, 0) is 0 Å². The van der Waals surface area contributed by atoms with Crippen molar-refractivity contribution in [3.63, 3.8) is 0 Å². The van der Waals surface area contributed by atoms with Gasteiger partial charge in [0.15, 0.2) is 5.82 Å². The molecule has 8 heteroatoms. The van der Waals surface area contributed by atoms with Crippen LogP contribution in [0.4, 0.5) is 22.2 Å². The molecule has 1 aromatic carbocycles. The highest BCUT2D eigenvalue weighted by Crippen LogP contribution is 2.39. The second-order valence-corrected chi connectivity index (χ2v) is 6.43. The van der Waals surface area contributed by atoms with Gasteiger partial charge in [0.05, 0.1) is 0 Å². The molecule has 3 rings (SSSR count). The zero-order chi connectivity index (χ0) is 15.5. The van der Waals surface area contributed by atoms with Gasteiger partial charge in [0, 0.05) is 36.9 Å². The van der Waals surface area contributed by atoms with E-state index in [2.05, 4.69) is 32.0 Å². The van der Waals surface area contributed by atoms with Gasteiger partial charge in [-0.25, -0.2) is 5.48 Å². The number of piperazine rings is 1. The zero-order valence-electron chi connectivity index (χ0n) is 12.2. The van der Waals surface area contributed by atoms with Gasteiger partial charge in [-0.2, -0.15) is 4.37 Å². The summed E-state index contributed by atoms with van der Waals surface area (Å²) in [5.41, 5.74) is 3.86. The normalized spacial score (nSPS) is 15.9. The molecule has 1 aromatic heterocycles. The molecule has 0 spiro atoms. The number of aromatic nitrogens is 1. The monoisotopic (exact) mass is 339 g/mol. The number of hydrogen-bond donors (Lipinski definition) is 3. The first-order valence-corrected chi connectivity index (χ1v) is 8.18. The molecule has 22 heavy (non-hydrogen) atoms. The fraction of sp³-hybridized carbons (Fsp3) is 0.357. The van der Waals surface area contributed by atoms with Crippen molar-refractivity contribution in [3.8, 4) is 0 Å². The highest BCUT2D eigenvalue weighted by molar-refractivity contribution is 7.11. The maximum Gasteiger partial charge on any atom is 0.189 e. The Morgan fingerprint density at radius 3 is 2.50 bits per heavy atom. The van der Waals surface area contributed by atoms with Crippen molar-refractivity contribution < 1.29 is 5.21 Å². The van der Waals surface area contributed by atoms with Gasteiger partial charge < -0.3 is 15.1 Å². The number of halogens is 1. The lowest BCUT2D eigenvalue weighted by atomic mass is 10.3. The van der Waals surface area contributed by atoms with Gasteiger partial charge in [0.2, 0.25) is 0 Å². The maximum atomic E-state index is 9.30. The lowest BCUT2D eigenvalue weighted by Gasteiger charge is -2.33. The van der Waals surface area contributed by atoms with Crippen LogP contribution < -0.4 is 15.7 Å². The summed E-state index contributed by atoms with van der Waals surface area (Å²) >= 11 is 7.29. The van der Waals surface area contributed by atoms with Gasteiger partial charge in [0.1, 0.15) is 10.7 Å². The van der Waals surface area contributed by atoms with Gasteiger partial charge in [0.25, 0.3) is 0 Å². The number of likely N-dealkylation sites (N-methyl/N-ethyl adjacent to an activating group) is 1. The molecule has 0 saturated carbocycles. The highest BCUT2D eigenvalue weighted by atomic mass is 35.5. The molecule has 0 amide bonds. The van der Waals surface area contributed by atoms with Crippen molar-refractivity contribution in [1.29, 1.82) is 0 Å². The van der Waals surface area contributed by atoms with Crippen LogP contribution in [0.25, 0.3) is 0 Å². The molecule has 2 heterocycles. The molecular formula is C14H18ClN5OS. The van der Waals surface area contributed by atoms with E-state index in [0.717, 1.165) is 42.6 Å². The lowest BCUT2D eigenvalue weighted by Crippen LogP contribution is -2.44. The predicted molar refractivity (Wildman–Crippen MR) is 92.0 cm³/mol. The average Bonchev–Trinajstić information content (AvgIpc) is 2.93. The molecule has 0 atom stereocenters. The fourth-order valence-corrected chi connectivity index (χ4v) is 3.35. The largest absolute Gasteiger partial charge is 0.358 e. The smallest absolute Gasteiger partial charge is 0.189 e. The molecule has 1 saturated heterocycles. The molecule has 118 valence electrons. The minimum Gasteiger partial charge on any atom is -0.358 e. The Hall–Kier alpha value is -1.54. The van der Waals surface area contributed by atoms with E-state index in [4.69, 9.17) is 11.6 Å². The van der Waals surface area contributed by atoms with Gasteiger partial charge in [-0.15, -0.1) is 0 Å². The van der Waals surface area contributed by atoms with Crippen LogP contribution >= 0.6 is 23.1 Å². The Morgan fingerprint density at radius 2 is 1.86 bits per heavy atom. The van der Waals surface area contributed by atoms with E-state index >= 15 is 0 Å². The standard InChI is InChI=1S/C14H18ClN5OS/c1-19-6-8-20(9-7-19)14-12(13(17-21)18-22-14)16-11-4-2-10(15)3-5-11/h2-5,16,21H,6-9H2,1H3,(H,17,18). The van der Waals surface area contributed by atoms with E-state index in [0.29, 0.717) is 10.8 Å². The van der Waals surface area contributed by atoms with Crippen molar-refractivity contribution >= 4 is 45.3 Å². The van der Waals surface area contributed by atoms with Gasteiger partial charge >= 0.3 is 0 Å². The number of nitrogens with zero attached hydrogens (tertiary/aromatic N) is 3. The number of hydrogen-bond acceptors (Lipinski definition) is 7. The molecule has 1 aliphatic rings. The molecule has 6 nitrogen and oxygen atoms in total. The zero-order valence-corrected chi connectivity index (χ0v) is 13.8. The first kappa shape index (κ1) is 15.4. The molecule has 0 unspecified atom stereocenters. The summed E-state index contributed by atoms with van der Waals surface area (Å²) in [6.45, 7) is 3.91. The summed E-state index contributed by atoms with van der Waals surface area (Å²) in [5.74, 6) is 0.439. The Kier molecular flexibility index (Phi) is 4.68. The van der Waals surface area contributed by atoms with Crippen LogP contribution in [0, 0.1) is 0 Å². The minimum atomic E-state index is 0.439. The Morgan fingerprint density at radius 1 is 1.18 bits per heavy atom. The Bertz CT molecular complexity index is 625. The van der Waals surface area contributed by atoms with Crippen molar-refractivity contribution in [3.05, 3.63) is 29.3 Å². The van der Waals surface area contributed by atoms with Crippen molar-refractivity contribution in [2.24, 2.45) is 0 Å². The van der Waals surface area contributed by atoms with E-state index in [1.807, 2.05) is 24.3 Å². The van der Waals surface area contributed by atoms with Crippen LogP contribution in [0.2, 0.25) is 5.02 Å². The van der Waals surface area contributed by atoms with Crippen LogP contribution in [0.15, 0.2) is 24.3 Å². The highest BCUT2D eigenvalue weighted by Gasteiger charge is 2.22. The van der Waals surface area contributed by atoms with E-state index in [9.17, 15) is 5.21 Å². The molecule has 2 aromatic rings. The summed E-state index contributed by atoms with van der Waals surface area (Å²) in [6, 6.07) is 7.44. The molecule has 0 radical (unpaired) electrons. The first-order valence-electron chi connectivity index (χ1n) is 7.03. The second kappa shape index (κ2) is 6.70. The number of anilines is 4. The number of rotatable bonds is 4. The third-order valence-electron chi connectivity index (χ3n) is 3.68. The van der Waals surface area contributed by atoms with Gasteiger partial charge in [-0.1, -0.05) is 11.6 Å². The average molecular weight is 340 g/mol. The maximum absolute atomic E-state index is 9.30. The Labute approximate surface area is 138 Å². The molecule has 0 aliphatic carbocycles. The van der Waals surface area contributed by atoms with Crippen molar-refractivity contribution in [1.82, 2.24) is 9.27 Å². The molecule has 1 aliphatic heterocycles. The summed E-state index contributed by atoms with van der Waals surface area (Å²) in [6.07, 6.45) is 0. The van der Waals surface area contributed by atoms with E-state index in [-0.39, 0.29) is 0 Å². The van der Waals surface area contributed by atoms with Crippen LogP contribution in [0.3, 0.4) is 0 Å².